The molecule has 2 aliphatic rings. The Hall–Kier alpha value is -0.890. The summed E-state index contributed by atoms with van der Waals surface area (Å²) in [5, 5.41) is 120. The first-order chi connectivity index (χ1) is 14.8. The van der Waals surface area contributed by atoms with Crippen LogP contribution < -0.4 is 0 Å². The van der Waals surface area contributed by atoms with Gasteiger partial charge in [0.05, 0.1) is 19.8 Å². The van der Waals surface area contributed by atoms with Crippen molar-refractivity contribution < 1.29 is 75.5 Å². The maximum atomic E-state index is 12.9. The van der Waals surface area contributed by atoms with E-state index in [1.807, 2.05) is 0 Å². The monoisotopic (exact) mass is 474 g/mol. The third-order valence-electron chi connectivity index (χ3n) is 5.86. The predicted octanol–water partition coefficient (Wildman–Crippen LogP) is -8.31. The maximum Gasteiger partial charge on any atom is 0.195 e. The molecule has 0 aliphatic carbocycles. The lowest BCUT2D eigenvalue weighted by Gasteiger charge is -2.49. The molecule has 0 bridgehead atoms. The van der Waals surface area contributed by atoms with Gasteiger partial charge in [-0.05, 0) is 0 Å². The highest BCUT2D eigenvalue weighted by Crippen LogP contribution is 2.34. The Balaban J connectivity index is 2.43. The zero-order valence-corrected chi connectivity index (χ0v) is 16.6. The summed E-state index contributed by atoms with van der Waals surface area (Å²) in [6, 6.07) is 0. The number of carbonyl (C=O) groups excluding carboxylic acids is 1. The van der Waals surface area contributed by atoms with E-state index in [1.54, 1.807) is 0 Å². The average Bonchev–Trinajstić information content (AvgIpc) is 2.78. The number of ketones is 1. The van der Waals surface area contributed by atoms with Gasteiger partial charge in [0.25, 0.3) is 0 Å². The summed E-state index contributed by atoms with van der Waals surface area (Å²) in [5.74, 6) is -1.63. The predicted molar refractivity (Wildman–Crippen MR) is 96.6 cm³/mol. The second kappa shape index (κ2) is 10.6. The summed E-state index contributed by atoms with van der Waals surface area (Å²) in [4.78, 5) is 12.9. The highest BCUT2D eigenvalue weighted by molar-refractivity contribution is 5.89. The molecule has 0 aromatic carbocycles. The van der Waals surface area contributed by atoms with Gasteiger partial charge in [0.1, 0.15) is 73.2 Å². The van der Waals surface area contributed by atoms with Gasteiger partial charge in [-0.1, -0.05) is 0 Å². The average molecular weight is 474 g/mol. The van der Waals surface area contributed by atoms with E-state index in [1.165, 1.54) is 0 Å². The van der Waals surface area contributed by atoms with Crippen LogP contribution in [0.15, 0.2) is 0 Å². The highest BCUT2D eigenvalue weighted by Gasteiger charge is 2.61. The molecule has 0 spiro atoms. The minimum Gasteiger partial charge on any atom is -0.394 e. The fourth-order valence-electron chi connectivity index (χ4n) is 3.83. The van der Waals surface area contributed by atoms with E-state index in [9.17, 15) is 61.0 Å². The second-order valence-corrected chi connectivity index (χ2v) is 7.94. The Labute approximate surface area is 180 Å². The molecule has 2 heterocycles. The van der Waals surface area contributed by atoms with Crippen molar-refractivity contribution in [2.45, 2.75) is 78.8 Å². The molecule has 15 heteroatoms. The lowest BCUT2D eigenvalue weighted by atomic mass is 9.74. The minimum atomic E-state index is -3.36. The third kappa shape index (κ3) is 4.68. The molecule has 13 atom stereocenters. The summed E-state index contributed by atoms with van der Waals surface area (Å²) >= 11 is 0. The maximum absolute atomic E-state index is 12.9. The van der Waals surface area contributed by atoms with Crippen LogP contribution in [0.2, 0.25) is 0 Å². The lowest BCUT2D eigenvalue weighted by molar-refractivity contribution is -0.289. The van der Waals surface area contributed by atoms with Crippen molar-refractivity contribution in [1.29, 1.82) is 0 Å². The number of ether oxygens (including phenoxy) is 2. The zero-order chi connectivity index (χ0) is 24.5. The van der Waals surface area contributed by atoms with E-state index in [0.29, 0.717) is 0 Å². The Bertz CT molecular complexity index is 633. The molecule has 2 fully saturated rings. The van der Waals surface area contributed by atoms with Gasteiger partial charge < -0.3 is 70.8 Å². The Morgan fingerprint density at radius 3 is 2.03 bits per heavy atom. The van der Waals surface area contributed by atoms with Crippen LogP contribution >= 0.6 is 0 Å². The van der Waals surface area contributed by atoms with E-state index in [4.69, 9.17) is 14.6 Å². The van der Waals surface area contributed by atoms with Crippen LogP contribution in [0.1, 0.15) is 0 Å². The van der Waals surface area contributed by atoms with Crippen molar-refractivity contribution >= 4 is 5.78 Å². The van der Waals surface area contributed by atoms with Crippen LogP contribution in [0.25, 0.3) is 0 Å². The lowest BCUT2D eigenvalue weighted by Crippen LogP contribution is -2.74. The Morgan fingerprint density at radius 2 is 1.50 bits per heavy atom. The SMILES string of the molecule is O=C(C1O[C@H](CO)[C@@H](O)[C@H](O)[C@H]1O)[C@H](O)[C@](O)(C1OC[C@@H](O)[C@H](O)[C@H]1O)[C@@H](O)[C@H](O)CO. The molecule has 2 aliphatic heterocycles. The molecule has 2 rings (SSSR count). The third-order valence-corrected chi connectivity index (χ3v) is 5.86. The van der Waals surface area contributed by atoms with Crippen molar-refractivity contribution in [3.8, 4) is 0 Å². The van der Waals surface area contributed by atoms with Crippen LogP contribution in [-0.2, 0) is 14.3 Å². The van der Waals surface area contributed by atoms with E-state index in [2.05, 4.69) is 0 Å². The fraction of sp³-hybridized carbons (Fsp3) is 0.941. The molecule has 2 saturated heterocycles. The summed E-state index contributed by atoms with van der Waals surface area (Å²) in [5.41, 5.74) is -3.36. The molecule has 32 heavy (non-hydrogen) atoms. The molecular weight excluding hydrogens is 444 g/mol. The van der Waals surface area contributed by atoms with E-state index in [0.717, 1.165) is 0 Å². The molecule has 0 amide bonds. The summed E-state index contributed by atoms with van der Waals surface area (Å²) in [6.45, 7) is -2.86. The van der Waals surface area contributed by atoms with Crippen LogP contribution in [-0.4, -0.2) is 166 Å². The number of carbonyl (C=O) groups is 1. The topological polar surface area (TPSA) is 278 Å². The number of rotatable bonds is 8. The van der Waals surface area contributed by atoms with Crippen LogP contribution in [0, 0.1) is 0 Å². The van der Waals surface area contributed by atoms with Gasteiger partial charge in [0.2, 0.25) is 0 Å². The Kier molecular flexibility index (Phi) is 9.04. The fourth-order valence-corrected chi connectivity index (χ4v) is 3.83. The standard InChI is InChI=1S/C17H30O15/c18-1-4(20)14(28)17(30,16-11(26)7(22)5(21)3-31-16)15(29)12(27)13-10(25)9(24)8(23)6(2-19)32-13/h4-11,13-16,18-26,28-30H,1-3H2/t4-,5-,6-,7+,8-,9+,10-,11-,13?,14+,15+,16?,17+/m1/s1. The van der Waals surface area contributed by atoms with Crippen molar-refractivity contribution in [3.63, 3.8) is 0 Å². The first-order valence-corrected chi connectivity index (χ1v) is 9.71. The molecule has 15 nitrogen and oxygen atoms in total. The summed E-state index contributed by atoms with van der Waals surface area (Å²) in [6.07, 6.45) is -25.5. The first kappa shape index (κ1) is 27.4. The second-order valence-electron chi connectivity index (χ2n) is 7.94. The number of aliphatic hydroxyl groups is 12. The van der Waals surface area contributed by atoms with Gasteiger partial charge in [0.15, 0.2) is 11.4 Å². The van der Waals surface area contributed by atoms with Crippen molar-refractivity contribution in [2.24, 2.45) is 0 Å². The first-order valence-electron chi connectivity index (χ1n) is 9.71. The normalized spacial score (nSPS) is 43.2. The van der Waals surface area contributed by atoms with Gasteiger partial charge in [-0.2, -0.15) is 0 Å². The number of Topliss-reactive ketones (excluding diaryl/α,β-unsaturated/α-hetero) is 1. The molecule has 188 valence electrons. The van der Waals surface area contributed by atoms with Gasteiger partial charge >= 0.3 is 0 Å². The number of hydrogen-bond donors (Lipinski definition) is 12. The van der Waals surface area contributed by atoms with Crippen LogP contribution in [0.3, 0.4) is 0 Å². The van der Waals surface area contributed by atoms with Gasteiger partial charge in [-0.3, -0.25) is 4.79 Å². The van der Waals surface area contributed by atoms with Crippen molar-refractivity contribution in [2.75, 3.05) is 19.8 Å². The molecule has 0 saturated carbocycles. The van der Waals surface area contributed by atoms with Gasteiger partial charge in [-0.25, -0.2) is 0 Å². The van der Waals surface area contributed by atoms with Gasteiger partial charge in [-0.15, -0.1) is 0 Å². The molecule has 0 aromatic heterocycles. The van der Waals surface area contributed by atoms with E-state index < -0.39 is 104 Å². The minimum absolute atomic E-state index is 0.742. The molecule has 0 aromatic rings. The highest BCUT2D eigenvalue weighted by atomic mass is 16.6. The molecular formula is C17H30O15. The molecule has 0 radical (unpaired) electrons. The molecule has 2 unspecified atom stereocenters. The van der Waals surface area contributed by atoms with Crippen LogP contribution in [0.4, 0.5) is 0 Å². The quantitative estimate of drug-likeness (QED) is 0.156. The van der Waals surface area contributed by atoms with Crippen molar-refractivity contribution in [3.05, 3.63) is 0 Å². The summed E-state index contributed by atoms with van der Waals surface area (Å²) < 4.78 is 10.0. The van der Waals surface area contributed by atoms with E-state index in [-0.39, 0.29) is 0 Å². The van der Waals surface area contributed by atoms with E-state index >= 15 is 0 Å². The summed E-state index contributed by atoms with van der Waals surface area (Å²) in [7, 11) is 0. The van der Waals surface area contributed by atoms with Crippen LogP contribution in [0.5, 0.6) is 0 Å². The Morgan fingerprint density at radius 1 is 0.906 bits per heavy atom. The number of aliphatic hydroxyl groups excluding tert-OH is 11. The number of hydrogen-bond acceptors (Lipinski definition) is 15. The van der Waals surface area contributed by atoms with Gasteiger partial charge in [0, 0.05) is 0 Å². The van der Waals surface area contributed by atoms with Crippen molar-refractivity contribution in [1.82, 2.24) is 0 Å². The molecule has 12 N–H and O–H groups in total. The smallest absolute Gasteiger partial charge is 0.195 e. The largest absolute Gasteiger partial charge is 0.394 e. The zero-order valence-electron chi connectivity index (χ0n) is 16.6.